The molecule has 0 fully saturated rings. The third-order valence-electron chi connectivity index (χ3n) is 4.95. The van der Waals surface area contributed by atoms with Gasteiger partial charge in [0.15, 0.2) is 0 Å². The molecular formula is C21H31NO. The molecule has 0 radical (unpaired) electrons. The van der Waals surface area contributed by atoms with E-state index in [0.717, 1.165) is 5.57 Å². The summed E-state index contributed by atoms with van der Waals surface area (Å²) in [5, 5.41) is 0. The van der Waals surface area contributed by atoms with Gasteiger partial charge in [-0.3, -0.25) is 0 Å². The quantitative estimate of drug-likeness (QED) is 0.809. The monoisotopic (exact) mass is 313 g/mol. The van der Waals surface area contributed by atoms with Crippen LogP contribution >= 0.6 is 0 Å². The van der Waals surface area contributed by atoms with Crippen LogP contribution in [-0.2, 0) is 11.3 Å². The summed E-state index contributed by atoms with van der Waals surface area (Å²) in [7, 11) is 0. The SMILES string of the molecule is C=C1C(C)(N)C=C(C(C)(C)C)C(OCc2ccccc2)C1(C)C. The van der Waals surface area contributed by atoms with Crippen molar-refractivity contribution in [1.82, 2.24) is 0 Å². The maximum Gasteiger partial charge on any atom is 0.0884 e. The highest BCUT2D eigenvalue weighted by atomic mass is 16.5. The Balaban J connectivity index is 2.38. The van der Waals surface area contributed by atoms with Gasteiger partial charge in [-0.05, 0) is 29.0 Å². The maximum atomic E-state index is 6.52. The molecule has 1 aromatic carbocycles. The molecule has 0 saturated carbocycles. The van der Waals surface area contributed by atoms with E-state index < -0.39 is 5.54 Å². The molecule has 1 aromatic rings. The topological polar surface area (TPSA) is 35.2 Å². The number of benzene rings is 1. The summed E-state index contributed by atoms with van der Waals surface area (Å²) in [6.07, 6.45) is 2.14. The van der Waals surface area contributed by atoms with Gasteiger partial charge < -0.3 is 10.5 Å². The first-order chi connectivity index (χ1) is 10.5. The van der Waals surface area contributed by atoms with Gasteiger partial charge >= 0.3 is 0 Å². The molecule has 23 heavy (non-hydrogen) atoms. The minimum Gasteiger partial charge on any atom is -0.368 e. The Labute approximate surface area is 141 Å². The minimum atomic E-state index is -0.501. The van der Waals surface area contributed by atoms with Gasteiger partial charge in [0.05, 0.1) is 18.2 Å². The van der Waals surface area contributed by atoms with Crippen molar-refractivity contribution >= 4 is 0 Å². The van der Waals surface area contributed by atoms with E-state index in [1.807, 2.05) is 25.1 Å². The molecule has 0 amide bonds. The van der Waals surface area contributed by atoms with E-state index in [1.165, 1.54) is 11.1 Å². The number of hydrogen-bond acceptors (Lipinski definition) is 2. The third kappa shape index (κ3) is 3.59. The Morgan fingerprint density at radius 2 is 1.70 bits per heavy atom. The summed E-state index contributed by atoms with van der Waals surface area (Å²) in [6, 6.07) is 10.3. The van der Waals surface area contributed by atoms with Crippen LogP contribution in [0, 0.1) is 10.8 Å². The first-order valence-corrected chi connectivity index (χ1v) is 8.34. The van der Waals surface area contributed by atoms with Crippen LogP contribution in [0.25, 0.3) is 0 Å². The molecule has 2 N–H and O–H groups in total. The van der Waals surface area contributed by atoms with E-state index in [0.29, 0.717) is 6.61 Å². The fraction of sp³-hybridized carbons (Fsp3) is 0.524. The lowest BCUT2D eigenvalue weighted by Crippen LogP contribution is -2.53. The van der Waals surface area contributed by atoms with Gasteiger partial charge in [0, 0.05) is 5.41 Å². The van der Waals surface area contributed by atoms with Crippen LogP contribution in [-0.4, -0.2) is 11.6 Å². The zero-order valence-corrected chi connectivity index (χ0v) is 15.4. The van der Waals surface area contributed by atoms with Crippen molar-refractivity contribution in [2.45, 2.75) is 59.8 Å². The highest BCUT2D eigenvalue weighted by Gasteiger charge is 2.47. The first kappa shape index (κ1) is 18.0. The van der Waals surface area contributed by atoms with Crippen LogP contribution in [0.1, 0.15) is 47.1 Å². The van der Waals surface area contributed by atoms with E-state index >= 15 is 0 Å². The summed E-state index contributed by atoms with van der Waals surface area (Å²) in [4.78, 5) is 0. The second kappa shape index (κ2) is 5.92. The van der Waals surface area contributed by atoms with Gasteiger partial charge in [0.25, 0.3) is 0 Å². The maximum absolute atomic E-state index is 6.52. The Morgan fingerprint density at radius 3 is 2.22 bits per heavy atom. The Morgan fingerprint density at radius 1 is 1.13 bits per heavy atom. The summed E-state index contributed by atoms with van der Waals surface area (Å²) < 4.78 is 6.40. The molecule has 1 aliphatic rings. The lowest BCUT2D eigenvalue weighted by molar-refractivity contribution is -0.0149. The fourth-order valence-electron chi connectivity index (χ4n) is 3.39. The largest absolute Gasteiger partial charge is 0.368 e. The molecule has 2 unspecified atom stereocenters. The second-order valence-corrected chi connectivity index (χ2v) is 8.51. The van der Waals surface area contributed by atoms with Crippen LogP contribution in [0.4, 0.5) is 0 Å². The highest BCUT2D eigenvalue weighted by Crippen LogP contribution is 2.49. The molecule has 0 spiro atoms. The van der Waals surface area contributed by atoms with Gasteiger partial charge in [-0.2, -0.15) is 0 Å². The number of hydrogen-bond donors (Lipinski definition) is 1. The van der Waals surface area contributed by atoms with Gasteiger partial charge in [0.1, 0.15) is 0 Å². The second-order valence-electron chi connectivity index (χ2n) is 8.51. The van der Waals surface area contributed by atoms with Gasteiger partial charge in [-0.1, -0.05) is 77.6 Å². The molecule has 0 saturated heterocycles. The molecule has 2 atom stereocenters. The van der Waals surface area contributed by atoms with Crippen molar-refractivity contribution in [3.63, 3.8) is 0 Å². The standard InChI is InChI=1S/C21H31NO/c1-15-20(5,6)18(23-14-16-11-9-8-10-12-16)17(19(2,3)4)13-21(15,7)22/h8-13,18H,1,14,22H2,2-7H3. The van der Waals surface area contributed by atoms with E-state index in [4.69, 9.17) is 10.5 Å². The fourth-order valence-corrected chi connectivity index (χ4v) is 3.39. The molecule has 2 heteroatoms. The van der Waals surface area contributed by atoms with Crippen molar-refractivity contribution < 1.29 is 4.74 Å². The van der Waals surface area contributed by atoms with Gasteiger partial charge in [-0.25, -0.2) is 0 Å². The van der Waals surface area contributed by atoms with Crippen molar-refractivity contribution in [1.29, 1.82) is 0 Å². The minimum absolute atomic E-state index is 0.0000451. The Hall–Kier alpha value is -1.38. The predicted octanol–water partition coefficient (Wildman–Crippen LogP) is 4.86. The first-order valence-electron chi connectivity index (χ1n) is 8.34. The van der Waals surface area contributed by atoms with Gasteiger partial charge in [-0.15, -0.1) is 0 Å². The lowest BCUT2D eigenvalue weighted by Gasteiger charge is -2.50. The molecule has 126 valence electrons. The zero-order chi connectivity index (χ0) is 17.5. The van der Waals surface area contributed by atoms with E-state index in [1.54, 1.807) is 0 Å². The van der Waals surface area contributed by atoms with Crippen LogP contribution < -0.4 is 5.73 Å². The third-order valence-corrected chi connectivity index (χ3v) is 4.95. The summed E-state index contributed by atoms with van der Waals surface area (Å²) in [5.41, 5.74) is 9.28. The average Bonchev–Trinajstić information content (AvgIpc) is 2.44. The van der Waals surface area contributed by atoms with Gasteiger partial charge in [0.2, 0.25) is 0 Å². The van der Waals surface area contributed by atoms with Crippen molar-refractivity contribution in [3.8, 4) is 0 Å². The van der Waals surface area contributed by atoms with E-state index in [-0.39, 0.29) is 16.9 Å². The molecule has 0 aliphatic heterocycles. The van der Waals surface area contributed by atoms with Crippen LogP contribution in [0.15, 0.2) is 54.1 Å². The summed E-state index contributed by atoms with van der Waals surface area (Å²) in [5.74, 6) is 0. The van der Waals surface area contributed by atoms with E-state index in [9.17, 15) is 0 Å². The summed E-state index contributed by atoms with van der Waals surface area (Å²) >= 11 is 0. The van der Waals surface area contributed by atoms with Crippen molar-refractivity contribution in [3.05, 3.63) is 59.7 Å². The van der Waals surface area contributed by atoms with Crippen molar-refractivity contribution in [2.75, 3.05) is 0 Å². The van der Waals surface area contributed by atoms with Crippen LogP contribution in [0.5, 0.6) is 0 Å². The smallest absolute Gasteiger partial charge is 0.0884 e. The predicted molar refractivity (Wildman–Crippen MR) is 98.1 cm³/mol. The molecule has 2 rings (SSSR count). The number of nitrogens with two attached hydrogens (primary N) is 1. The highest BCUT2D eigenvalue weighted by molar-refractivity contribution is 5.42. The normalized spacial score (nSPS) is 27.7. The molecule has 0 bridgehead atoms. The molecular weight excluding hydrogens is 282 g/mol. The average molecular weight is 313 g/mol. The summed E-state index contributed by atoms with van der Waals surface area (Å²) in [6.45, 7) is 18.0. The van der Waals surface area contributed by atoms with Crippen LogP contribution in [0.2, 0.25) is 0 Å². The van der Waals surface area contributed by atoms with Crippen molar-refractivity contribution in [2.24, 2.45) is 16.6 Å². The molecule has 0 heterocycles. The van der Waals surface area contributed by atoms with Crippen LogP contribution in [0.3, 0.4) is 0 Å². The Bertz CT molecular complexity index is 602. The molecule has 2 nitrogen and oxygen atoms in total. The Kier molecular flexibility index (Phi) is 4.62. The zero-order valence-electron chi connectivity index (χ0n) is 15.4. The number of rotatable bonds is 3. The number of ether oxygens (including phenoxy) is 1. The molecule has 1 aliphatic carbocycles. The molecule has 0 aromatic heterocycles. The van der Waals surface area contributed by atoms with E-state index in [2.05, 4.69) is 59.4 Å². The lowest BCUT2D eigenvalue weighted by atomic mass is 9.60.